The number of carbonyl (C=O) groups is 1. The highest BCUT2D eigenvalue weighted by Crippen LogP contribution is 2.14. The molecule has 2 rings (SSSR count). The van der Waals surface area contributed by atoms with Crippen LogP contribution in [0.1, 0.15) is 19.3 Å². The lowest BCUT2D eigenvalue weighted by molar-refractivity contribution is -0.121. The van der Waals surface area contributed by atoms with Crippen molar-refractivity contribution >= 4 is 15.7 Å². The van der Waals surface area contributed by atoms with E-state index in [9.17, 15) is 13.2 Å². The van der Waals surface area contributed by atoms with E-state index in [1.807, 2.05) is 0 Å². The van der Waals surface area contributed by atoms with E-state index in [-0.39, 0.29) is 29.9 Å². The standard InChI is InChI=1S/C13H25N3O3S/c1-16-5-2-11(3-6-16)9-15-13(17)8-12-10-20(18,19)7-4-14-12/h11-12,14H,2-10H2,1H3,(H,15,17). The average Bonchev–Trinajstić information content (AvgIpc) is 2.37. The fourth-order valence-corrected chi connectivity index (χ4v) is 4.26. The number of sulfone groups is 1. The number of hydrogen-bond acceptors (Lipinski definition) is 5. The maximum atomic E-state index is 11.9. The van der Waals surface area contributed by atoms with Crippen molar-refractivity contribution in [3.8, 4) is 0 Å². The Hall–Kier alpha value is -0.660. The van der Waals surface area contributed by atoms with Crippen LogP contribution in [0.2, 0.25) is 0 Å². The molecule has 2 aliphatic rings. The predicted octanol–water partition coefficient (Wildman–Crippen LogP) is -0.779. The van der Waals surface area contributed by atoms with Crippen molar-refractivity contribution in [1.82, 2.24) is 15.5 Å². The minimum atomic E-state index is -2.97. The average molecular weight is 303 g/mol. The number of rotatable bonds is 4. The van der Waals surface area contributed by atoms with Gasteiger partial charge in [0.05, 0.1) is 11.5 Å². The molecule has 0 aromatic heterocycles. The van der Waals surface area contributed by atoms with Gasteiger partial charge in [-0.15, -0.1) is 0 Å². The zero-order valence-electron chi connectivity index (χ0n) is 12.1. The molecule has 1 amide bonds. The van der Waals surface area contributed by atoms with Gasteiger partial charge in [0.2, 0.25) is 5.91 Å². The van der Waals surface area contributed by atoms with Gasteiger partial charge < -0.3 is 15.5 Å². The topological polar surface area (TPSA) is 78.5 Å². The minimum absolute atomic E-state index is 0.0430. The quantitative estimate of drug-likeness (QED) is 0.712. The van der Waals surface area contributed by atoms with Crippen molar-refractivity contribution < 1.29 is 13.2 Å². The minimum Gasteiger partial charge on any atom is -0.356 e. The van der Waals surface area contributed by atoms with Gasteiger partial charge in [-0.1, -0.05) is 0 Å². The lowest BCUT2D eigenvalue weighted by Gasteiger charge is -2.29. The van der Waals surface area contributed by atoms with E-state index in [0.717, 1.165) is 25.9 Å². The second kappa shape index (κ2) is 6.87. The molecule has 1 unspecified atom stereocenters. The fourth-order valence-electron chi connectivity index (χ4n) is 2.82. The molecule has 0 saturated carbocycles. The number of piperidine rings is 1. The van der Waals surface area contributed by atoms with E-state index < -0.39 is 9.84 Å². The highest BCUT2D eigenvalue weighted by atomic mass is 32.2. The smallest absolute Gasteiger partial charge is 0.221 e. The van der Waals surface area contributed by atoms with E-state index >= 15 is 0 Å². The number of amides is 1. The van der Waals surface area contributed by atoms with Gasteiger partial charge in [-0.05, 0) is 38.9 Å². The lowest BCUT2D eigenvalue weighted by Crippen LogP contribution is -2.47. The molecule has 2 saturated heterocycles. The van der Waals surface area contributed by atoms with Gasteiger partial charge in [0.15, 0.2) is 9.84 Å². The van der Waals surface area contributed by atoms with Crippen LogP contribution in [0, 0.1) is 5.92 Å². The number of nitrogens with zero attached hydrogens (tertiary/aromatic N) is 1. The monoisotopic (exact) mass is 303 g/mol. The summed E-state index contributed by atoms with van der Waals surface area (Å²) in [5.74, 6) is 0.770. The second-order valence-corrected chi connectivity index (χ2v) is 8.25. The van der Waals surface area contributed by atoms with Crippen molar-refractivity contribution in [3.05, 3.63) is 0 Å². The first-order valence-electron chi connectivity index (χ1n) is 7.34. The third-order valence-electron chi connectivity index (χ3n) is 4.16. The summed E-state index contributed by atoms with van der Waals surface area (Å²) in [7, 11) is -0.852. The molecule has 0 bridgehead atoms. The molecule has 1 atom stereocenters. The van der Waals surface area contributed by atoms with Gasteiger partial charge in [-0.25, -0.2) is 8.42 Å². The molecule has 7 heteroatoms. The summed E-state index contributed by atoms with van der Waals surface area (Å²) in [6, 6.07) is -0.230. The Bertz CT molecular complexity index is 430. The Labute approximate surface area is 121 Å². The highest BCUT2D eigenvalue weighted by Gasteiger charge is 2.26. The van der Waals surface area contributed by atoms with Crippen LogP contribution < -0.4 is 10.6 Å². The van der Waals surface area contributed by atoms with Gasteiger partial charge in [-0.2, -0.15) is 0 Å². The summed E-state index contributed by atoms with van der Waals surface area (Å²) in [6.45, 7) is 3.34. The van der Waals surface area contributed by atoms with E-state index in [0.29, 0.717) is 19.0 Å². The Morgan fingerprint density at radius 2 is 2.05 bits per heavy atom. The van der Waals surface area contributed by atoms with Crippen LogP contribution in [-0.4, -0.2) is 70.0 Å². The van der Waals surface area contributed by atoms with Crippen LogP contribution in [0.5, 0.6) is 0 Å². The fraction of sp³-hybridized carbons (Fsp3) is 0.923. The van der Waals surface area contributed by atoms with Crippen LogP contribution >= 0.6 is 0 Å². The summed E-state index contributed by atoms with van der Waals surface area (Å²) in [5.41, 5.74) is 0. The predicted molar refractivity (Wildman–Crippen MR) is 78.3 cm³/mol. The summed E-state index contributed by atoms with van der Waals surface area (Å²) >= 11 is 0. The maximum Gasteiger partial charge on any atom is 0.221 e. The zero-order valence-corrected chi connectivity index (χ0v) is 12.9. The molecule has 2 aliphatic heterocycles. The van der Waals surface area contributed by atoms with Crippen LogP contribution in [0.3, 0.4) is 0 Å². The number of hydrogen-bond donors (Lipinski definition) is 2. The third kappa shape index (κ3) is 5.03. The van der Waals surface area contributed by atoms with Crippen LogP contribution in [0.25, 0.3) is 0 Å². The van der Waals surface area contributed by atoms with Gasteiger partial charge >= 0.3 is 0 Å². The van der Waals surface area contributed by atoms with E-state index in [1.54, 1.807) is 0 Å². The first kappa shape index (κ1) is 15.7. The molecular weight excluding hydrogens is 278 g/mol. The zero-order chi connectivity index (χ0) is 14.6. The molecular formula is C13H25N3O3S. The van der Waals surface area contributed by atoms with Crippen LogP contribution in [-0.2, 0) is 14.6 Å². The molecule has 2 heterocycles. The van der Waals surface area contributed by atoms with Gasteiger partial charge in [-0.3, -0.25) is 4.79 Å². The second-order valence-electron chi connectivity index (χ2n) is 6.02. The van der Waals surface area contributed by atoms with E-state index in [2.05, 4.69) is 22.6 Å². The normalized spacial score (nSPS) is 28.1. The van der Waals surface area contributed by atoms with E-state index in [1.165, 1.54) is 0 Å². The third-order valence-corrected chi connectivity index (χ3v) is 5.90. The largest absolute Gasteiger partial charge is 0.356 e. The number of likely N-dealkylation sites (tertiary alicyclic amines) is 1. The van der Waals surface area contributed by atoms with Gasteiger partial charge in [0.1, 0.15) is 0 Å². The Morgan fingerprint density at radius 3 is 2.70 bits per heavy atom. The summed E-state index contributed by atoms with van der Waals surface area (Å²) in [5, 5.41) is 6.05. The lowest BCUT2D eigenvalue weighted by atomic mass is 9.97. The highest BCUT2D eigenvalue weighted by molar-refractivity contribution is 7.91. The van der Waals surface area contributed by atoms with Gasteiger partial charge in [0.25, 0.3) is 0 Å². The first-order chi connectivity index (χ1) is 9.44. The van der Waals surface area contributed by atoms with Gasteiger partial charge in [0, 0.05) is 25.6 Å². The van der Waals surface area contributed by atoms with Crippen molar-refractivity contribution in [2.45, 2.75) is 25.3 Å². The summed E-state index contributed by atoms with van der Waals surface area (Å²) in [6.07, 6.45) is 2.49. The van der Waals surface area contributed by atoms with E-state index in [4.69, 9.17) is 0 Å². The Kier molecular flexibility index (Phi) is 5.40. The number of nitrogens with one attached hydrogen (secondary N) is 2. The van der Waals surface area contributed by atoms with Crippen LogP contribution in [0.4, 0.5) is 0 Å². The van der Waals surface area contributed by atoms with Crippen molar-refractivity contribution in [1.29, 1.82) is 0 Å². The molecule has 0 radical (unpaired) electrons. The summed E-state index contributed by atoms with van der Waals surface area (Å²) in [4.78, 5) is 14.2. The van der Waals surface area contributed by atoms with Crippen molar-refractivity contribution in [2.24, 2.45) is 5.92 Å². The molecule has 2 N–H and O–H groups in total. The molecule has 0 aromatic rings. The number of carbonyl (C=O) groups excluding carboxylic acids is 1. The molecule has 0 aliphatic carbocycles. The molecule has 20 heavy (non-hydrogen) atoms. The molecule has 0 spiro atoms. The molecule has 2 fully saturated rings. The Balaban J connectivity index is 1.67. The molecule has 116 valence electrons. The van der Waals surface area contributed by atoms with Crippen molar-refractivity contribution in [3.63, 3.8) is 0 Å². The summed E-state index contributed by atoms with van der Waals surface area (Å²) < 4.78 is 23.0. The van der Waals surface area contributed by atoms with Crippen molar-refractivity contribution in [2.75, 3.05) is 44.7 Å². The Morgan fingerprint density at radius 1 is 1.35 bits per heavy atom. The SMILES string of the molecule is CN1CCC(CNC(=O)CC2CS(=O)(=O)CCN2)CC1. The first-order valence-corrected chi connectivity index (χ1v) is 9.16. The van der Waals surface area contributed by atoms with Crippen LogP contribution in [0.15, 0.2) is 0 Å². The molecule has 0 aromatic carbocycles. The maximum absolute atomic E-state index is 11.9. The molecule has 6 nitrogen and oxygen atoms in total.